The van der Waals surface area contributed by atoms with Gasteiger partial charge in [0.15, 0.2) is 0 Å². The molecule has 0 radical (unpaired) electrons. The SMILES string of the molecule is CC1=CCOCc2ccoc21. The van der Waals surface area contributed by atoms with Crippen LogP contribution in [0.3, 0.4) is 0 Å². The molecule has 1 aliphatic heterocycles. The van der Waals surface area contributed by atoms with Crippen molar-refractivity contribution in [1.29, 1.82) is 0 Å². The second-order valence-electron chi connectivity index (χ2n) is 2.68. The molecule has 0 saturated heterocycles. The van der Waals surface area contributed by atoms with E-state index in [0.717, 1.165) is 11.3 Å². The first-order valence-electron chi connectivity index (χ1n) is 3.69. The van der Waals surface area contributed by atoms with Gasteiger partial charge in [0, 0.05) is 5.56 Å². The predicted molar refractivity (Wildman–Crippen MR) is 42.0 cm³/mol. The van der Waals surface area contributed by atoms with Gasteiger partial charge in [-0.05, 0) is 18.6 Å². The van der Waals surface area contributed by atoms with Crippen molar-refractivity contribution in [3.8, 4) is 0 Å². The van der Waals surface area contributed by atoms with E-state index in [0.29, 0.717) is 13.2 Å². The van der Waals surface area contributed by atoms with Crippen molar-refractivity contribution in [1.82, 2.24) is 0 Å². The lowest BCUT2D eigenvalue weighted by atomic mass is 10.1. The van der Waals surface area contributed by atoms with Gasteiger partial charge in [0.2, 0.25) is 0 Å². The summed E-state index contributed by atoms with van der Waals surface area (Å²) in [7, 11) is 0. The Hall–Kier alpha value is -1.02. The molecule has 11 heavy (non-hydrogen) atoms. The number of rotatable bonds is 0. The first-order chi connectivity index (χ1) is 5.38. The van der Waals surface area contributed by atoms with E-state index in [9.17, 15) is 0 Å². The molecule has 0 aromatic carbocycles. The highest BCUT2D eigenvalue weighted by atomic mass is 16.5. The van der Waals surface area contributed by atoms with Crippen LogP contribution in [0.15, 0.2) is 22.8 Å². The fourth-order valence-electron chi connectivity index (χ4n) is 1.24. The molecular weight excluding hydrogens is 140 g/mol. The molecule has 58 valence electrons. The second-order valence-corrected chi connectivity index (χ2v) is 2.68. The molecule has 2 heterocycles. The summed E-state index contributed by atoms with van der Waals surface area (Å²) < 4.78 is 10.6. The number of hydrogen-bond acceptors (Lipinski definition) is 2. The maximum absolute atomic E-state index is 5.31. The van der Waals surface area contributed by atoms with Crippen molar-refractivity contribution < 1.29 is 9.15 Å². The normalized spacial score (nSPS) is 17.0. The van der Waals surface area contributed by atoms with Crippen LogP contribution >= 0.6 is 0 Å². The summed E-state index contributed by atoms with van der Waals surface area (Å²) in [6.07, 6.45) is 3.74. The van der Waals surface area contributed by atoms with Crippen LogP contribution in [-0.2, 0) is 11.3 Å². The number of allylic oxidation sites excluding steroid dienone is 1. The van der Waals surface area contributed by atoms with Crippen LogP contribution in [0.5, 0.6) is 0 Å². The van der Waals surface area contributed by atoms with E-state index in [4.69, 9.17) is 9.15 Å². The van der Waals surface area contributed by atoms with Gasteiger partial charge in [-0.25, -0.2) is 0 Å². The predicted octanol–water partition coefficient (Wildman–Crippen LogP) is 2.21. The summed E-state index contributed by atoms with van der Waals surface area (Å²) >= 11 is 0. The van der Waals surface area contributed by atoms with Gasteiger partial charge in [-0.15, -0.1) is 0 Å². The van der Waals surface area contributed by atoms with Gasteiger partial charge in [-0.1, -0.05) is 6.08 Å². The van der Waals surface area contributed by atoms with Gasteiger partial charge < -0.3 is 9.15 Å². The first-order valence-corrected chi connectivity index (χ1v) is 3.69. The van der Waals surface area contributed by atoms with E-state index < -0.39 is 0 Å². The smallest absolute Gasteiger partial charge is 0.134 e. The number of ether oxygens (including phenoxy) is 1. The van der Waals surface area contributed by atoms with E-state index in [2.05, 4.69) is 0 Å². The third-order valence-electron chi connectivity index (χ3n) is 1.87. The average Bonchev–Trinajstić information content (AvgIpc) is 2.40. The van der Waals surface area contributed by atoms with E-state index in [1.807, 2.05) is 19.1 Å². The van der Waals surface area contributed by atoms with E-state index in [1.54, 1.807) is 6.26 Å². The van der Waals surface area contributed by atoms with Crippen LogP contribution in [-0.4, -0.2) is 6.61 Å². The summed E-state index contributed by atoms with van der Waals surface area (Å²) in [6.45, 7) is 3.40. The Balaban J connectivity index is 2.48. The Morgan fingerprint density at radius 3 is 3.27 bits per heavy atom. The fraction of sp³-hybridized carbons (Fsp3) is 0.333. The Morgan fingerprint density at radius 2 is 2.36 bits per heavy atom. The van der Waals surface area contributed by atoms with Crippen molar-refractivity contribution in [2.75, 3.05) is 6.61 Å². The molecule has 2 heteroatoms. The van der Waals surface area contributed by atoms with E-state index in [-0.39, 0.29) is 0 Å². The summed E-state index contributed by atoms with van der Waals surface area (Å²) in [5, 5.41) is 0. The zero-order chi connectivity index (χ0) is 7.68. The third-order valence-corrected chi connectivity index (χ3v) is 1.87. The molecule has 0 N–H and O–H groups in total. The van der Waals surface area contributed by atoms with Crippen LogP contribution < -0.4 is 0 Å². The zero-order valence-electron chi connectivity index (χ0n) is 6.46. The topological polar surface area (TPSA) is 22.4 Å². The van der Waals surface area contributed by atoms with Crippen LogP contribution in [0.4, 0.5) is 0 Å². The zero-order valence-corrected chi connectivity index (χ0v) is 6.46. The van der Waals surface area contributed by atoms with Gasteiger partial charge in [0.25, 0.3) is 0 Å². The maximum atomic E-state index is 5.31. The molecule has 0 atom stereocenters. The van der Waals surface area contributed by atoms with E-state index in [1.165, 1.54) is 5.57 Å². The van der Waals surface area contributed by atoms with Gasteiger partial charge in [-0.3, -0.25) is 0 Å². The van der Waals surface area contributed by atoms with Crippen LogP contribution in [0.2, 0.25) is 0 Å². The summed E-state index contributed by atoms with van der Waals surface area (Å²) in [6, 6.07) is 1.96. The van der Waals surface area contributed by atoms with Gasteiger partial charge in [-0.2, -0.15) is 0 Å². The van der Waals surface area contributed by atoms with Gasteiger partial charge in [0.05, 0.1) is 19.5 Å². The lowest BCUT2D eigenvalue weighted by Crippen LogP contribution is -1.88. The number of fused-ring (bicyclic) bond motifs is 1. The van der Waals surface area contributed by atoms with E-state index >= 15 is 0 Å². The quantitative estimate of drug-likeness (QED) is 0.565. The molecule has 0 unspecified atom stereocenters. The average molecular weight is 150 g/mol. The van der Waals surface area contributed by atoms with Crippen molar-refractivity contribution in [2.24, 2.45) is 0 Å². The number of furan rings is 1. The molecular formula is C9H10O2. The van der Waals surface area contributed by atoms with Crippen LogP contribution in [0, 0.1) is 0 Å². The minimum atomic E-state index is 0.666. The Morgan fingerprint density at radius 1 is 1.45 bits per heavy atom. The molecule has 1 aromatic rings. The Bertz CT molecular complexity index is 284. The maximum Gasteiger partial charge on any atom is 0.134 e. The molecule has 0 saturated carbocycles. The monoisotopic (exact) mass is 150 g/mol. The summed E-state index contributed by atoms with van der Waals surface area (Å²) in [5.74, 6) is 0.975. The molecule has 2 nitrogen and oxygen atoms in total. The second kappa shape index (κ2) is 2.55. The highest BCUT2D eigenvalue weighted by Crippen LogP contribution is 2.22. The van der Waals surface area contributed by atoms with Crippen molar-refractivity contribution in [2.45, 2.75) is 13.5 Å². The summed E-state index contributed by atoms with van der Waals surface area (Å²) in [4.78, 5) is 0. The lowest BCUT2D eigenvalue weighted by Gasteiger charge is -1.95. The van der Waals surface area contributed by atoms with Crippen LogP contribution in [0.1, 0.15) is 18.2 Å². The third kappa shape index (κ3) is 1.10. The lowest BCUT2D eigenvalue weighted by molar-refractivity contribution is 0.150. The molecule has 0 amide bonds. The molecule has 1 aromatic heterocycles. The molecule has 0 fully saturated rings. The molecule has 0 spiro atoms. The Kier molecular flexibility index (Phi) is 1.55. The standard InChI is InChI=1S/C9H10O2/c1-7-2-4-10-6-8-3-5-11-9(7)8/h2-3,5H,4,6H2,1H3. The van der Waals surface area contributed by atoms with Crippen molar-refractivity contribution in [3.63, 3.8) is 0 Å². The van der Waals surface area contributed by atoms with Gasteiger partial charge in [0.1, 0.15) is 5.76 Å². The molecule has 2 rings (SSSR count). The molecule has 0 aliphatic carbocycles. The minimum Gasteiger partial charge on any atom is -0.464 e. The number of hydrogen-bond donors (Lipinski definition) is 0. The highest BCUT2D eigenvalue weighted by Gasteiger charge is 2.10. The molecule has 0 bridgehead atoms. The fourth-order valence-corrected chi connectivity index (χ4v) is 1.24. The van der Waals surface area contributed by atoms with Gasteiger partial charge >= 0.3 is 0 Å². The minimum absolute atomic E-state index is 0.666. The van der Waals surface area contributed by atoms with Crippen LogP contribution in [0.25, 0.3) is 5.57 Å². The highest BCUT2D eigenvalue weighted by molar-refractivity contribution is 5.62. The molecule has 1 aliphatic rings. The Labute approximate surface area is 65.5 Å². The van der Waals surface area contributed by atoms with Crippen molar-refractivity contribution >= 4 is 5.57 Å². The first kappa shape index (κ1) is 6.68. The van der Waals surface area contributed by atoms with Crippen molar-refractivity contribution in [3.05, 3.63) is 29.7 Å². The largest absolute Gasteiger partial charge is 0.464 e. The summed E-state index contributed by atoms with van der Waals surface area (Å²) in [5.41, 5.74) is 2.32.